The summed E-state index contributed by atoms with van der Waals surface area (Å²) in [5.74, 6) is 0.938. The van der Waals surface area contributed by atoms with Gasteiger partial charge in [-0.15, -0.1) is 0 Å². The summed E-state index contributed by atoms with van der Waals surface area (Å²) in [6, 6.07) is 21.1. The number of hydrogen-bond donors (Lipinski definition) is 2. The second kappa shape index (κ2) is 15.4. The highest BCUT2D eigenvalue weighted by Crippen LogP contribution is 2.45. The van der Waals surface area contributed by atoms with E-state index in [2.05, 4.69) is 22.3 Å². The molecular weight excluding hydrogens is 630 g/mol. The van der Waals surface area contributed by atoms with Crippen LogP contribution < -0.4 is 14.8 Å². The molecule has 1 saturated heterocycles. The van der Waals surface area contributed by atoms with Crippen molar-refractivity contribution in [3.05, 3.63) is 89.5 Å². The Morgan fingerprint density at radius 1 is 1.08 bits per heavy atom. The lowest BCUT2D eigenvalue weighted by atomic mass is 9.85. The number of hydrogen-bond acceptors (Lipinski definition) is 8. The van der Waals surface area contributed by atoms with Gasteiger partial charge >= 0.3 is 0 Å². The minimum atomic E-state index is -4.10. The van der Waals surface area contributed by atoms with E-state index < -0.39 is 27.8 Å². The van der Waals surface area contributed by atoms with Gasteiger partial charge in [-0.05, 0) is 61.6 Å². The van der Waals surface area contributed by atoms with Gasteiger partial charge < -0.3 is 24.6 Å². The lowest BCUT2D eigenvalue weighted by Crippen LogP contribution is -2.55. The van der Waals surface area contributed by atoms with Crippen molar-refractivity contribution in [3.8, 4) is 11.5 Å². The molecule has 0 bridgehead atoms. The number of ether oxygens (including phenoxy) is 3. The Kier molecular flexibility index (Phi) is 11.5. The van der Waals surface area contributed by atoms with Crippen LogP contribution in [0.2, 0.25) is 0 Å². The molecule has 0 aromatic heterocycles. The molecule has 2 heterocycles. The topological polar surface area (TPSA) is 118 Å². The summed E-state index contributed by atoms with van der Waals surface area (Å²) >= 11 is 0. The molecule has 2 aliphatic heterocycles. The highest BCUT2D eigenvalue weighted by Gasteiger charge is 2.48. The number of fused-ring (bicyclic) bond motifs is 1. The number of sulfonamides is 1. The van der Waals surface area contributed by atoms with Gasteiger partial charge in [0.15, 0.2) is 0 Å². The number of nitrogens with one attached hydrogen (secondary N) is 1. The molecule has 1 amide bonds. The van der Waals surface area contributed by atoms with Gasteiger partial charge in [-0.25, -0.2) is 8.42 Å². The van der Waals surface area contributed by atoms with Crippen LogP contribution in [0.4, 0.5) is 0 Å². The van der Waals surface area contributed by atoms with Crippen LogP contribution >= 0.6 is 0 Å². The molecule has 1 fully saturated rings. The predicted molar refractivity (Wildman–Crippen MR) is 184 cm³/mol. The zero-order valence-corrected chi connectivity index (χ0v) is 29.4. The van der Waals surface area contributed by atoms with Crippen molar-refractivity contribution in [3.63, 3.8) is 0 Å². The third-order valence-electron chi connectivity index (χ3n) is 9.03. The molecule has 3 aromatic carbocycles. The Hall–Kier alpha value is -3.48. The molecule has 0 radical (unpaired) electrons. The van der Waals surface area contributed by atoms with E-state index >= 15 is 0 Å². The molecule has 11 heteroatoms. The molecule has 0 aliphatic carbocycles. The first kappa shape index (κ1) is 35.8. The standard InChI is InChI=1S/C37H49N3O7S/c1-26(2)16-17-40(48(43,44)31-13-9-12-29(22-31)45-5)35-32-20-28(14-15-33(32)47-37(3,4)36(35)42)21-34(41)38-23-30-25-39(18-19-46-30)24-27-10-7-6-8-11-27/h6-15,20,22,26,30,35-36,42H,16-19,21,23-25H2,1-5H3,(H,38,41)/t30?,35-,36+/m1/s1. The molecule has 3 aromatic rings. The number of nitrogens with zero attached hydrogens (tertiary/aromatic N) is 2. The Morgan fingerprint density at radius 2 is 1.85 bits per heavy atom. The zero-order valence-electron chi connectivity index (χ0n) is 28.6. The third kappa shape index (κ3) is 8.56. The van der Waals surface area contributed by atoms with E-state index in [0.29, 0.717) is 48.7 Å². The predicted octanol–water partition coefficient (Wildman–Crippen LogP) is 4.56. The number of methoxy groups -OCH3 is 1. The summed E-state index contributed by atoms with van der Waals surface area (Å²) in [5, 5.41) is 14.8. The van der Waals surface area contributed by atoms with Crippen molar-refractivity contribution in [2.24, 2.45) is 5.92 Å². The minimum Gasteiger partial charge on any atom is -0.497 e. The summed E-state index contributed by atoms with van der Waals surface area (Å²) in [4.78, 5) is 15.6. The van der Waals surface area contributed by atoms with E-state index in [1.165, 1.54) is 29.1 Å². The van der Waals surface area contributed by atoms with Gasteiger partial charge in [0.1, 0.15) is 23.2 Å². The molecule has 0 saturated carbocycles. The fourth-order valence-corrected chi connectivity index (χ4v) is 7.95. The number of amides is 1. The number of rotatable bonds is 13. The molecule has 5 rings (SSSR count). The molecule has 10 nitrogen and oxygen atoms in total. The normalized spacial score (nSPS) is 21.0. The van der Waals surface area contributed by atoms with Gasteiger partial charge in [0.05, 0.1) is 37.2 Å². The van der Waals surface area contributed by atoms with Crippen molar-refractivity contribution in [2.45, 2.75) is 75.8 Å². The fraction of sp³-hybridized carbons (Fsp3) is 0.486. The van der Waals surface area contributed by atoms with E-state index in [9.17, 15) is 18.3 Å². The van der Waals surface area contributed by atoms with E-state index in [1.807, 2.05) is 38.1 Å². The summed E-state index contributed by atoms with van der Waals surface area (Å²) in [6.07, 6.45) is -0.656. The van der Waals surface area contributed by atoms with Crippen LogP contribution in [-0.4, -0.2) is 86.3 Å². The van der Waals surface area contributed by atoms with E-state index in [4.69, 9.17) is 14.2 Å². The molecule has 2 aliphatic rings. The first-order chi connectivity index (χ1) is 22.9. The van der Waals surface area contributed by atoms with Crippen LogP contribution in [0.5, 0.6) is 11.5 Å². The molecule has 48 heavy (non-hydrogen) atoms. The zero-order chi connectivity index (χ0) is 34.5. The Balaban J connectivity index is 1.35. The van der Waals surface area contributed by atoms with E-state index in [-0.39, 0.29) is 35.8 Å². The number of carbonyl (C=O) groups is 1. The Labute approximate surface area is 285 Å². The second-order valence-electron chi connectivity index (χ2n) is 13.6. The quantitative estimate of drug-likeness (QED) is 0.270. The van der Waals surface area contributed by atoms with Gasteiger partial charge in [0.25, 0.3) is 0 Å². The maximum Gasteiger partial charge on any atom is 0.243 e. The Morgan fingerprint density at radius 3 is 2.58 bits per heavy atom. The highest BCUT2D eigenvalue weighted by atomic mass is 32.2. The second-order valence-corrected chi connectivity index (χ2v) is 15.5. The van der Waals surface area contributed by atoms with Gasteiger partial charge in [-0.2, -0.15) is 4.31 Å². The molecule has 1 unspecified atom stereocenters. The lowest BCUT2D eigenvalue weighted by Gasteiger charge is -2.46. The fourth-order valence-electron chi connectivity index (χ4n) is 6.29. The number of aliphatic hydroxyl groups is 1. The minimum absolute atomic E-state index is 0.0754. The van der Waals surface area contributed by atoms with Crippen LogP contribution in [0.3, 0.4) is 0 Å². The maximum absolute atomic E-state index is 14.3. The number of aliphatic hydroxyl groups excluding tert-OH is 1. The average Bonchev–Trinajstić information content (AvgIpc) is 3.06. The molecule has 0 spiro atoms. The maximum atomic E-state index is 14.3. The van der Waals surface area contributed by atoms with Crippen LogP contribution in [0.1, 0.15) is 56.8 Å². The SMILES string of the molecule is COc1cccc(S(=O)(=O)N(CCC(C)C)[C@@H]2c3cc(CC(=O)NCC4CN(Cc5ccccc5)CCO4)ccc3OC(C)(C)[C@H]2O)c1. The smallest absolute Gasteiger partial charge is 0.243 e. The lowest BCUT2D eigenvalue weighted by molar-refractivity contribution is -0.121. The number of morpholine rings is 1. The summed E-state index contributed by atoms with van der Waals surface area (Å²) in [7, 11) is -2.61. The van der Waals surface area contributed by atoms with Gasteiger partial charge in [-0.3, -0.25) is 9.69 Å². The van der Waals surface area contributed by atoms with Gasteiger partial charge in [-0.1, -0.05) is 56.3 Å². The van der Waals surface area contributed by atoms with Crippen LogP contribution in [-0.2, 0) is 32.5 Å². The summed E-state index contributed by atoms with van der Waals surface area (Å²) in [5.41, 5.74) is 1.37. The Bertz CT molecular complexity index is 1650. The van der Waals surface area contributed by atoms with E-state index in [0.717, 1.165) is 13.1 Å². The number of carbonyl (C=O) groups excluding carboxylic acids is 1. The van der Waals surface area contributed by atoms with Crippen molar-refractivity contribution >= 4 is 15.9 Å². The van der Waals surface area contributed by atoms with Crippen LogP contribution in [0.15, 0.2) is 77.7 Å². The van der Waals surface area contributed by atoms with Crippen molar-refractivity contribution < 1.29 is 32.5 Å². The first-order valence-electron chi connectivity index (χ1n) is 16.7. The summed E-state index contributed by atoms with van der Waals surface area (Å²) < 4.78 is 47.6. The van der Waals surface area contributed by atoms with Gasteiger partial charge in [0, 0.05) is 44.4 Å². The van der Waals surface area contributed by atoms with Gasteiger partial charge in [0.2, 0.25) is 15.9 Å². The van der Waals surface area contributed by atoms with Crippen molar-refractivity contribution in [1.82, 2.24) is 14.5 Å². The highest BCUT2D eigenvalue weighted by molar-refractivity contribution is 7.89. The average molecular weight is 680 g/mol. The molecule has 3 atom stereocenters. The van der Waals surface area contributed by atoms with Crippen molar-refractivity contribution in [1.29, 1.82) is 0 Å². The summed E-state index contributed by atoms with van der Waals surface area (Å²) in [6.45, 7) is 11.1. The van der Waals surface area contributed by atoms with E-state index in [1.54, 1.807) is 38.1 Å². The monoisotopic (exact) mass is 679 g/mol. The molecule has 260 valence electrons. The first-order valence-corrected chi connectivity index (χ1v) is 18.1. The van der Waals surface area contributed by atoms with Crippen LogP contribution in [0, 0.1) is 5.92 Å². The molecule has 2 N–H and O–H groups in total. The van der Waals surface area contributed by atoms with Crippen molar-refractivity contribution in [2.75, 3.05) is 39.9 Å². The molecular formula is C37H49N3O7S. The van der Waals surface area contributed by atoms with Crippen LogP contribution in [0.25, 0.3) is 0 Å². The third-order valence-corrected chi connectivity index (χ3v) is 10.9. The number of benzene rings is 3. The largest absolute Gasteiger partial charge is 0.497 e.